The molecule has 0 aliphatic heterocycles. The van der Waals surface area contributed by atoms with E-state index in [1.54, 1.807) is 0 Å². The third-order valence-electron chi connectivity index (χ3n) is 2.05. The molecule has 0 aliphatic carbocycles. The van der Waals surface area contributed by atoms with Crippen molar-refractivity contribution in [2.75, 3.05) is 19.8 Å². The zero-order valence-electron chi connectivity index (χ0n) is 10.1. The Bertz CT molecular complexity index is 112. The molecule has 0 fully saturated rings. The SMILES string of the molecule is O=CCCCCCO.OCCCCCCO. The first-order valence-electron chi connectivity index (χ1n) is 6.09. The lowest BCUT2D eigenvalue weighted by Gasteiger charge is -1.93. The molecular formula is C12H26O4. The van der Waals surface area contributed by atoms with Crippen molar-refractivity contribution in [1.82, 2.24) is 0 Å². The summed E-state index contributed by atoms with van der Waals surface area (Å²) in [5, 5.41) is 24.9. The van der Waals surface area contributed by atoms with Crippen LogP contribution in [0.2, 0.25) is 0 Å². The summed E-state index contributed by atoms with van der Waals surface area (Å²) in [5.41, 5.74) is 0. The Morgan fingerprint density at radius 1 is 0.625 bits per heavy atom. The fourth-order valence-electron chi connectivity index (χ4n) is 1.09. The van der Waals surface area contributed by atoms with Crippen molar-refractivity contribution in [2.45, 2.75) is 51.4 Å². The number of carbonyl (C=O) groups excluding carboxylic acids is 1. The molecule has 0 aliphatic rings. The van der Waals surface area contributed by atoms with Gasteiger partial charge in [0.15, 0.2) is 0 Å². The largest absolute Gasteiger partial charge is 0.396 e. The Balaban J connectivity index is 0. The maximum Gasteiger partial charge on any atom is 0.119 e. The molecule has 0 heterocycles. The molecule has 0 aromatic carbocycles. The molecule has 0 rings (SSSR count). The zero-order valence-corrected chi connectivity index (χ0v) is 10.1. The Morgan fingerprint density at radius 3 is 1.31 bits per heavy atom. The highest BCUT2D eigenvalue weighted by Crippen LogP contribution is 1.96. The van der Waals surface area contributed by atoms with Gasteiger partial charge in [-0.1, -0.05) is 19.3 Å². The van der Waals surface area contributed by atoms with Crippen LogP contribution in [0.1, 0.15) is 51.4 Å². The highest BCUT2D eigenvalue weighted by atomic mass is 16.3. The van der Waals surface area contributed by atoms with Gasteiger partial charge in [-0.15, -0.1) is 0 Å². The number of hydrogen-bond acceptors (Lipinski definition) is 4. The summed E-state index contributed by atoms with van der Waals surface area (Å²) in [7, 11) is 0. The molecule has 0 spiro atoms. The first kappa shape index (κ1) is 17.9. The van der Waals surface area contributed by atoms with Gasteiger partial charge in [0.25, 0.3) is 0 Å². The van der Waals surface area contributed by atoms with Crippen molar-refractivity contribution in [3.05, 3.63) is 0 Å². The van der Waals surface area contributed by atoms with E-state index < -0.39 is 0 Å². The van der Waals surface area contributed by atoms with Gasteiger partial charge in [-0.25, -0.2) is 0 Å². The van der Waals surface area contributed by atoms with Gasteiger partial charge in [0.2, 0.25) is 0 Å². The van der Waals surface area contributed by atoms with Crippen LogP contribution < -0.4 is 0 Å². The molecule has 16 heavy (non-hydrogen) atoms. The van der Waals surface area contributed by atoms with Crippen LogP contribution in [0.4, 0.5) is 0 Å². The van der Waals surface area contributed by atoms with Gasteiger partial charge < -0.3 is 20.1 Å². The Morgan fingerprint density at radius 2 is 1.00 bits per heavy atom. The smallest absolute Gasteiger partial charge is 0.119 e. The quantitative estimate of drug-likeness (QED) is 0.393. The molecule has 0 bridgehead atoms. The van der Waals surface area contributed by atoms with Gasteiger partial charge in [-0.05, 0) is 25.7 Å². The average Bonchev–Trinajstić information content (AvgIpc) is 2.31. The molecule has 0 amide bonds. The van der Waals surface area contributed by atoms with Crippen LogP contribution in [0.15, 0.2) is 0 Å². The number of aldehydes is 1. The number of hydrogen-bond donors (Lipinski definition) is 3. The molecule has 3 N–H and O–H groups in total. The van der Waals surface area contributed by atoms with E-state index in [4.69, 9.17) is 15.3 Å². The maximum atomic E-state index is 9.71. The molecule has 0 unspecified atom stereocenters. The van der Waals surface area contributed by atoms with Crippen LogP contribution in [0.25, 0.3) is 0 Å². The predicted octanol–water partition coefficient (Wildman–Crippen LogP) is 1.27. The molecule has 0 atom stereocenters. The van der Waals surface area contributed by atoms with E-state index in [2.05, 4.69) is 0 Å². The molecule has 98 valence electrons. The van der Waals surface area contributed by atoms with Gasteiger partial charge in [0, 0.05) is 26.2 Å². The number of aliphatic hydroxyl groups is 3. The Kier molecular flexibility index (Phi) is 22.4. The van der Waals surface area contributed by atoms with Crippen LogP contribution in [-0.4, -0.2) is 41.4 Å². The minimum absolute atomic E-state index is 0.249. The lowest BCUT2D eigenvalue weighted by Crippen LogP contribution is -1.85. The normalized spacial score (nSPS) is 9.44. The topological polar surface area (TPSA) is 77.8 Å². The molecule has 0 saturated carbocycles. The number of rotatable bonds is 10. The van der Waals surface area contributed by atoms with Crippen LogP contribution >= 0.6 is 0 Å². The zero-order chi connectivity index (χ0) is 12.5. The summed E-state index contributed by atoms with van der Waals surface area (Å²) in [6.07, 6.45) is 8.10. The van der Waals surface area contributed by atoms with Crippen LogP contribution in [0.5, 0.6) is 0 Å². The first-order valence-corrected chi connectivity index (χ1v) is 6.09. The summed E-state index contributed by atoms with van der Waals surface area (Å²) in [6, 6.07) is 0. The van der Waals surface area contributed by atoms with Crippen LogP contribution in [0, 0.1) is 0 Å². The number of unbranched alkanes of at least 4 members (excludes halogenated alkanes) is 6. The van der Waals surface area contributed by atoms with Crippen molar-refractivity contribution < 1.29 is 20.1 Å². The van der Waals surface area contributed by atoms with E-state index in [1.807, 2.05) is 0 Å². The summed E-state index contributed by atoms with van der Waals surface area (Å²) in [5.74, 6) is 0. The third kappa shape index (κ3) is 23.4. The van der Waals surface area contributed by atoms with E-state index in [9.17, 15) is 4.79 Å². The Labute approximate surface area is 98.3 Å². The predicted molar refractivity (Wildman–Crippen MR) is 64.3 cm³/mol. The number of carbonyl (C=O) groups is 1. The van der Waals surface area contributed by atoms with E-state index >= 15 is 0 Å². The average molecular weight is 234 g/mol. The highest BCUT2D eigenvalue weighted by molar-refractivity contribution is 5.48. The van der Waals surface area contributed by atoms with Crippen LogP contribution in [-0.2, 0) is 4.79 Å². The molecule has 4 nitrogen and oxygen atoms in total. The van der Waals surface area contributed by atoms with Gasteiger partial charge in [-0.3, -0.25) is 0 Å². The van der Waals surface area contributed by atoms with Crippen LogP contribution in [0.3, 0.4) is 0 Å². The van der Waals surface area contributed by atoms with Gasteiger partial charge in [0.1, 0.15) is 6.29 Å². The molecule has 0 saturated heterocycles. The van der Waals surface area contributed by atoms with Crippen molar-refractivity contribution in [1.29, 1.82) is 0 Å². The minimum atomic E-state index is 0.249. The van der Waals surface area contributed by atoms with E-state index in [0.29, 0.717) is 6.42 Å². The maximum absolute atomic E-state index is 9.71. The Hall–Kier alpha value is -0.450. The monoisotopic (exact) mass is 234 g/mol. The van der Waals surface area contributed by atoms with E-state index in [1.165, 1.54) is 0 Å². The lowest BCUT2D eigenvalue weighted by molar-refractivity contribution is -0.107. The highest BCUT2D eigenvalue weighted by Gasteiger charge is 1.85. The van der Waals surface area contributed by atoms with E-state index in [-0.39, 0.29) is 19.8 Å². The van der Waals surface area contributed by atoms with E-state index in [0.717, 1.165) is 51.2 Å². The second kappa shape index (κ2) is 20.0. The van der Waals surface area contributed by atoms with Gasteiger partial charge >= 0.3 is 0 Å². The fourth-order valence-corrected chi connectivity index (χ4v) is 1.09. The molecule has 0 aromatic rings. The number of aliphatic hydroxyl groups excluding tert-OH is 3. The van der Waals surface area contributed by atoms with Crippen molar-refractivity contribution in [3.63, 3.8) is 0 Å². The van der Waals surface area contributed by atoms with Crippen molar-refractivity contribution >= 4 is 6.29 Å². The lowest BCUT2D eigenvalue weighted by atomic mass is 10.2. The second-order valence-electron chi connectivity index (χ2n) is 3.60. The first-order chi connectivity index (χ1) is 7.83. The minimum Gasteiger partial charge on any atom is -0.396 e. The standard InChI is InChI=1S/C6H14O2.C6H12O2/c2*7-5-3-1-2-4-6-8/h7-8H,1-6H2;5,8H,1-4,6H2. The second-order valence-corrected chi connectivity index (χ2v) is 3.60. The third-order valence-corrected chi connectivity index (χ3v) is 2.05. The molecule has 0 radical (unpaired) electrons. The van der Waals surface area contributed by atoms with Crippen molar-refractivity contribution in [2.24, 2.45) is 0 Å². The summed E-state index contributed by atoms with van der Waals surface area (Å²) in [6.45, 7) is 0.815. The van der Waals surface area contributed by atoms with Gasteiger partial charge in [0.05, 0.1) is 0 Å². The fraction of sp³-hybridized carbons (Fsp3) is 0.917. The van der Waals surface area contributed by atoms with Gasteiger partial charge in [-0.2, -0.15) is 0 Å². The molecule has 4 heteroatoms. The van der Waals surface area contributed by atoms with Crippen molar-refractivity contribution in [3.8, 4) is 0 Å². The summed E-state index contributed by atoms with van der Waals surface area (Å²) in [4.78, 5) is 9.71. The molecule has 0 aromatic heterocycles. The molecular weight excluding hydrogens is 208 g/mol. The summed E-state index contributed by atoms with van der Waals surface area (Å²) < 4.78 is 0. The summed E-state index contributed by atoms with van der Waals surface area (Å²) >= 11 is 0.